The summed E-state index contributed by atoms with van der Waals surface area (Å²) < 4.78 is 5.51. The molecule has 0 spiro atoms. The highest BCUT2D eigenvalue weighted by molar-refractivity contribution is 6.19. The third-order valence-electron chi connectivity index (χ3n) is 2.73. The van der Waals surface area contributed by atoms with Crippen molar-refractivity contribution in [2.24, 2.45) is 4.99 Å². The number of carbonyl (C=O) groups is 2. The fraction of sp³-hybridized carbons (Fsp3) is 0.462. The number of allylic oxidation sites excluding steroid dienone is 3. The van der Waals surface area contributed by atoms with Crippen molar-refractivity contribution < 1.29 is 14.3 Å². The SMILES string of the molecule is O=C1C=CC2=NC(CCNC(=O)CCCCl)OC2=C1. The third-order valence-corrected chi connectivity index (χ3v) is 3.00. The smallest absolute Gasteiger partial charge is 0.220 e. The topological polar surface area (TPSA) is 67.8 Å². The number of nitrogens with zero attached hydrogens (tertiary/aromatic N) is 1. The summed E-state index contributed by atoms with van der Waals surface area (Å²) in [7, 11) is 0. The Morgan fingerprint density at radius 1 is 1.47 bits per heavy atom. The highest BCUT2D eigenvalue weighted by Gasteiger charge is 2.24. The van der Waals surface area contributed by atoms with Gasteiger partial charge in [0.2, 0.25) is 5.91 Å². The Labute approximate surface area is 116 Å². The van der Waals surface area contributed by atoms with Crippen LogP contribution in [0.3, 0.4) is 0 Å². The molecule has 0 aromatic rings. The molecule has 1 aliphatic carbocycles. The zero-order chi connectivity index (χ0) is 13.7. The van der Waals surface area contributed by atoms with E-state index in [2.05, 4.69) is 10.3 Å². The number of rotatable bonds is 6. The molecule has 1 heterocycles. The Morgan fingerprint density at radius 2 is 2.32 bits per heavy atom. The number of fused-ring (bicyclic) bond motifs is 1. The molecule has 0 aromatic carbocycles. The molecule has 0 bridgehead atoms. The molecule has 6 heteroatoms. The second-order valence-corrected chi connectivity index (χ2v) is 4.64. The van der Waals surface area contributed by atoms with Gasteiger partial charge in [-0.05, 0) is 18.6 Å². The summed E-state index contributed by atoms with van der Waals surface area (Å²) in [6.45, 7) is 0.494. The van der Waals surface area contributed by atoms with Gasteiger partial charge in [0.05, 0.1) is 0 Å². The molecule has 0 radical (unpaired) electrons. The standard InChI is InChI=1S/C13H15ClN2O3/c14-6-1-2-12(18)15-7-5-13-16-10-4-3-9(17)8-11(10)19-13/h3-4,8,13H,1-2,5-7H2,(H,15,18). The molecule has 0 saturated heterocycles. The lowest BCUT2D eigenvalue weighted by Crippen LogP contribution is -2.26. The van der Waals surface area contributed by atoms with E-state index >= 15 is 0 Å². The fourth-order valence-corrected chi connectivity index (χ4v) is 1.93. The van der Waals surface area contributed by atoms with E-state index < -0.39 is 0 Å². The average molecular weight is 283 g/mol. The molecule has 102 valence electrons. The predicted octanol–water partition coefficient (Wildman–Crippen LogP) is 1.33. The summed E-state index contributed by atoms with van der Waals surface area (Å²) >= 11 is 5.51. The molecule has 1 amide bonds. The van der Waals surface area contributed by atoms with Crippen LogP contribution in [-0.2, 0) is 14.3 Å². The van der Waals surface area contributed by atoms with Gasteiger partial charge in [0.1, 0.15) is 5.71 Å². The maximum Gasteiger partial charge on any atom is 0.220 e. The minimum absolute atomic E-state index is 0.0157. The van der Waals surface area contributed by atoms with E-state index in [1.165, 1.54) is 12.2 Å². The number of aliphatic imine (C=N–C) groups is 1. The Balaban J connectivity index is 1.73. The Morgan fingerprint density at radius 3 is 3.11 bits per heavy atom. The van der Waals surface area contributed by atoms with Crippen LogP contribution in [-0.4, -0.2) is 36.1 Å². The maximum atomic E-state index is 11.4. The van der Waals surface area contributed by atoms with Crippen molar-refractivity contribution in [2.45, 2.75) is 25.5 Å². The van der Waals surface area contributed by atoms with Crippen molar-refractivity contribution in [3.05, 3.63) is 24.0 Å². The second-order valence-electron chi connectivity index (χ2n) is 4.26. The number of carbonyl (C=O) groups excluding carboxylic acids is 2. The van der Waals surface area contributed by atoms with E-state index in [-0.39, 0.29) is 17.9 Å². The van der Waals surface area contributed by atoms with Crippen LogP contribution in [0, 0.1) is 0 Å². The summed E-state index contributed by atoms with van der Waals surface area (Å²) in [5, 5.41) is 2.78. The van der Waals surface area contributed by atoms with Crippen LogP contribution >= 0.6 is 11.6 Å². The van der Waals surface area contributed by atoms with E-state index in [0.717, 1.165) is 0 Å². The van der Waals surface area contributed by atoms with Crippen molar-refractivity contribution in [1.82, 2.24) is 5.32 Å². The Hall–Kier alpha value is -1.62. The molecule has 1 unspecified atom stereocenters. The highest BCUT2D eigenvalue weighted by atomic mass is 35.5. The number of hydrogen-bond donors (Lipinski definition) is 1. The number of hydrogen-bond acceptors (Lipinski definition) is 4. The molecule has 0 saturated carbocycles. The lowest BCUT2D eigenvalue weighted by molar-refractivity contribution is -0.121. The molecule has 19 heavy (non-hydrogen) atoms. The van der Waals surface area contributed by atoms with E-state index in [9.17, 15) is 9.59 Å². The van der Waals surface area contributed by atoms with Crippen LogP contribution in [0.15, 0.2) is 29.0 Å². The molecule has 1 atom stereocenters. The Bertz CT molecular complexity index is 469. The van der Waals surface area contributed by atoms with Gasteiger partial charge in [0.15, 0.2) is 17.8 Å². The van der Waals surface area contributed by atoms with E-state index in [4.69, 9.17) is 16.3 Å². The van der Waals surface area contributed by atoms with Crippen molar-refractivity contribution in [2.75, 3.05) is 12.4 Å². The predicted molar refractivity (Wildman–Crippen MR) is 72.1 cm³/mol. The summed E-state index contributed by atoms with van der Waals surface area (Å²) in [5.74, 6) is 0.898. The van der Waals surface area contributed by atoms with Gasteiger partial charge in [0.25, 0.3) is 0 Å². The van der Waals surface area contributed by atoms with Gasteiger partial charge in [-0.3, -0.25) is 9.59 Å². The third kappa shape index (κ3) is 3.92. The zero-order valence-electron chi connectivity index (χ0n) is 10.4. The molecule has 2 rings (SSSR count). The zero-order valence-corrected chi connectivity index (χ0v) is 11.2. The molecule has 2 aliphatic rings. The quantitative estimate of drug-likeness (QED) is 0.590. The monoisotopic (exact) mass is 282 g/mol. The minimum atomic E-state index is -0.329. The lowest BCUT2D eigenvalue weighted by Gasteiger charge is -2.10. The molecular formula is C13H15ClN2O3. The average Bonchev–Trinajstić information content (AvgIpc) is 2.78. The van der Waals surface area contributed by atoms with Gasteiger partial charge in [0, 0.05) is 31.3 Å². The van der Waals surface area contributed by atoms with Crippen LogP contribution in [0.4, 0.5) is 0 Å². The number of halogens is 1. The minimum Gasteiger partial charge on any atom is -0.466 e. The van der Waals surface area contributed by atoms with E-state index in [0.29, 0.717) is 43.2 Å². The number of amides is 1. The van der Waals surface area contributed by atoms with Gasteiger partial charge in [-0.1, -0.05) is 0 Å². The number of ketones is 1. The molecule has 0 aromatic heterocycles. The number of alkyl halides is 1. The van der Waals surface area contributed by atoms with Crippen LogP contribution < -0.4 is 5.32 Å². The largest absolute Gasteiger partial charge is 0.466 e. The van der Waals surface area contributed by atoms with Crippen LogP contribution in [0.2, 0.25) is 0 Å². The van der Waals surface area contributed by atoms with Crippen LogP contribution in [0.1, 0.15) is 19.3 Å². The molecule has 1 N–H and O–H groups in total. The molecule has 5 nitrogen and oxygen atoms in total. The van der Waals surface area contributed by atoms with Gasteiger partial charge in [-0.25, -0.2) is 4.99 Å². The fourth-order valence-electron chi connectivity index (χ4n) is 1.80. The maximum absolute atomic E-state index is 11.4. The summed E-state index contributed by atoms with van der Waals surface area (Å²) in [5.41, 5.74) is 0.693. The molecule has 1 aliphatic heterocycles. The second kappa shape index (κ2) is 6.52. The van der Waals surface area contributed by atoms with Crippen molar-refractivity contribution in [3.8, 4) is 0 Å². The first-order valence-corrected chi connectivity index (χ1v) is 6.74. The van der Waals surface area contributed by atoms with Gasteiger partial charge in [-0.15, -0.1) is 11.6 Å². The first-order valence-electron chi connectivity index (χ1n) is 6.20. The number of nitrogens with one attached hydrogen (secondary N) is 1. The first-order chi connectivity index (χ1) is 9.19. The lowest BCUT2D eigenvalue weighted by atomic mass is 10.1. The summed E-state index contributed by atoms with van der Waals surface area (Å²) in [4.78, 5) is 26.8. The number of ether oxygens (including phenoxy) is 1. The first kappa shape index (κ1) is 13.8. The van der Waals surface area contributed by atoms with Crippen molar-refractivity contribution in [3.63, 3.8) is 0 Å². The van der Waals surface area contributed by atoms with Crippen molar-refractivity contribution >= 4 is 29.0 Å². The summed E-state index contributed by atoms with van der Waals surface area (Å²) in [6, 6.07) is 0. The van der Waals surface area contributed by atoms with Gasteiger partial charge in [-0.2, -0.15) is 0 Å². The van der Waals surface area contributed by atoms with Crippen LogP contribution in [0.5, 0.6) is 0 Å². The highest BCUT2D eigenvalue weighted by Crippen LogP contribution is 2.21. The normalized spacial score (nSPS) is 20.5. The molecule has 0 fully saturated rings. The van der Waals surface area contributed by atoms with E-state index in [1.807, 2.05) is 0 Å². The Kier molecular flexibility index (Phi) is 4.74. The summed E-state index contributed by atoms with van der Waals surface area (Å²) in [6.07, 6.45) is 5.90. The van der Waals surface area contributed by atoms with Crippen LogP contribution in [0.25, 0.3) is 0 Å². The van der Waals surface area contributed by atoms with Crippen molar-refractivity contribution in [1.29, 1.82) is 0 Å². The molecular weight excluding hydrogens is 268 g/mol. The van der Waals surface area contributed by atoms with Gasteiger partial charge < -0.3 is 10.1 Å². The van der Waals surface area contributed by atoms with Gasteiger partial charge >= 0.3 is 0 Å². The van der Waals surface area contributed by atoms with E-state index in [1.54, 1.807) is 6.08 Å².